The van der Waals surface area contributed by atoms with Crippen molar-refractivity contribution in [2.75, 3.05) is 13.2 Å². The van der Waals surface area contributed by atoms with E-state index in [9.17, 15) is 18.4 Å². The van der Waals surface area contributed by atoms with E-state index < -0.39 is 5.82 Å². The summed E-state index contributed by atoms with van der Waals surface area (Å²) in [5.41, 5.74) is 0.308. The number of carbonyl (C=O) groups excluding carboxylic acids is 2. The molecular formula is C23H23ClF2N2O4. The van der Waals surface area contributed by atoms with Crippen molar-refractivity contribution in [2.45, 2.75) is 37.5 Å². The highest BCUT2D eigenvalue weighted by Crippen LogP contribution is 2.51. The Morgan fingerprint density at radius 3 is 2.62 bits per heavy atom. The van der Waals surface area contributed by atoms with E-state index in [1.165, 1.54) is 24.3 Å². The second-order valence-electron chi connectivity index (χ2n) is 8.36. The van der Waals surface area contributed by atoms with E-state index in [-0.39, 0.29) is 59.8 Å². The Morgan fingerprint density at radius 1 is 1.06 bits per heavy atom. The monoisotopic (exact) mass is 464 g/mol. The highest BCUT2D eigenvalue weighted by Gasteiger charge is 2.57. The number of hydrogen-bond donors (Lipinski definition) is 2. The third-order valence-corrected chi connectivity index (χ3v) is 6.19. The van der Waals surface area contributed by atoms with Gasteiger partial charge in [-0.1, -0.05) is 23.7 Å². The molecule has 3 aliphatic carbocycles. The maximum atomic E-state index is 13.5. The highest BCUT2D eigenvalue weighted by molar-refractivity contribution is 6.30. The van der Waals surface area contributed by atoms with Crippen LogP contribution in [0, 0.1) is 17.6 Å². The lowest BCUT2D eigenvalue weighted by molar-refractivity contribution is -0.127. The van der Waals surface area contributed by atoms with Crippen molar-refractivity contribution in [3.8, 4) is 5.75 Å². The van der Waals surface area contributed by atoms with Gasteiger partial charge in [-0.05, 0) is 55.0 Å². The van der Waals surface area contributed by atoms with Crippen LogP contribution in [0.25, 0.3) is 0 Å². The summed E-state index contributed by atoms with van der Waals surface area (Å²) in [5.74, 6) is -0.981. The molecular weight excluding hydrogens is 442 g/mol. The molecule has 1 atom stereocenters. The Morgan fingerprint density at radius 2 is 1.88 bits per heavy atom. The Kier molecular flexibility index (Phi) is 6.62. The molecule has 0 aromatic heterocycles. The van der Waals surface area contributed by atoms with Crippen LogP contribution >= 0.6 is 11.6 Å². The predicted molar refractivity (Wildman–Crippen MR) is 113 cm³/mol. The molecule has 32 heavy (non-hydrogen) atoms. The number of hydrogen-bond acceptors (Lipinski definition) is 4. The van der Waals surface area contributed by atoms with E-state index in [2.05, 4.69) is 10.6 Å². The number of benzene rings is 2. The van der Waals surface area contributed by atoms with Gasteiger partial charge in [0.25, 0.3) is 5.91 Å². The van der Waals surface area contributed by atoms with Crippen LogP contribution < -0.4 is 15.4 Å². The molecule has 5 rings (SSSR count). The average molecular weight is 465 g/mol. The van der Waals surface area contributed by atoms with Crippen LogP contribution in [0.3, 0.4) is 0 Å². The molecule has 6 nitrogen and oxygen atoms in total. The van der Waals surface area contributed by atoms with E-state index in [1.807, 2.05) is 0 Å². The minimum atomic E-state index is -0.612. The summed E-state index contributed by atoms with van der Waals surface area (Å²) in [7, 11) is 0. The van der Waals surface area contributed by atoms with E-state index >= 15 is 0 Å². The Labute approximate surface area is 189 Å². The van der Waals surface area contributed by atoms with Crippen molar-refractivity contribution in [1.82, 2.24) is 10.6 Å². The van der Waals surface area contributed by atoms with Crippen LogP contribution in [0.5, 0.6) is 5.75 Å². The van der Waals surface area contributed by atoms with Gasteiger partial charge in [-0.25, -0.2) is 8.78 Å². The minimum absolute atomic E-state index is 0.0143. The Balaban J connectivity index is 1.17. The van der Waals surface area contributed by atoms with Gasteiger partial charge in [-0.15, -0.1) is 0 Å². The van der Waals surface area contributed by atoms with Crippen LogP contribution in [0.4, 0.5) is 8.78 Å². The molecule has 2 bridgehead atoms. The number of halogens is 3. The molecule has 0 aliphatic heterocycles. The van der Waals surface area contributed by atoms with Crippen LogP contribution in [0.1, 0.15) is 24.8 Å². The molecule has 3 aliphatic rings. The third-order valence-electron chi connectivity index (χ3n) is 5.89. The van der Waals surface area contributed by atoms with Crippen LogP contribution in [-0.2, 0) is 20.9 Å². The summed E-state index contributed by atoms with van der Waals surface area (Å²) in [4.78, 5) is 24.5. The normalized spacial score (nSPS) is 23.3. The summed E-state index contributed by atoms with van der Waals surface area (Å²) in [6.07, 6.45) is 2.20. The molecule has 9 heteroatoms. The van der Waals surface area contributed by atoms with Gasteiger partial charge < -0.3 is 20.1 Å². The zero-order valence-corrected chi connectivity index (χ0v) is 18.0. The number of rotatable bonds is 9. The lowest BCUT2D eigenvalue weighted by Gasteiger charge is -2.39. The van der Waals surface area contributed by atoms with E-state index in [1.54, 1.807) is 12.1 Å². The van der Waals surface area contributed by atoms with Crippen molar-refractivity contribution in [3.63, 3.8) is 0 Å². The lowest BCUT2D eigenvalue weighted by atomic mass is 9.76. The standard InChI is InChI=1S/C23H23ClF2N2O4/c24-18-5-4-17(7-19(18)26)32-13-22(30)28-23-8-15(9-23)20(10-23)27-21(29)12-31-11-14-2-1-3-16(25)6-14/h1-7,15,20H,8-13H2,(H,27,29)(H,28,30). The highest BCUT2D eigenvalue weighted by atomic mass is 35.5. The van der Waals surface area contributed by atoms with Gasteiger partial charge in [0.1, 0.15) is 24.0 Å². The molecule has 1 unspecified atom stereocenters. The van der Waals surface area contributed by atoms with Gasteiger partial charge in [0, 0.05) is 17.6 Å². The van der Waals surface area contributed by atoms with E-state index in [4.69, 9.17) is 21.1 Å². The molecule has 170 valence electrons. The largest absolute Gasteiger partial charge is 0.484 e. The van der Waals surface area contributed by atoms with Gasteiger partial charge >= 0.3 is 0 Å². The van der Waals surface area contributed by atoms with Gasteiger partial charge in [-0.3, -0.25) is 9.59 Å². The average Bonchev–Trinajstić information content (AvgIpc) is 3.22. The second kappa shape index (κ2) is 9.42. The number of carbonyl (C=O) groups is 2. The van der Waals surface area contributed by atoms with Crippen molar-refractivity contribution < 1.29 is 27.8 Å². The fourth-order valence-corrected chi connectivity index (χ4v) is 4.61. The van der Waals surface area contributed by atoms with Gasteiger partial charge in [0.2, 0.25) is 5.91 Å². The summed E-state index contributed by atoms with van der Waals surface area (Å²) in [6.45, 7) is -0.209. The molecule has 3 saturated carbocycles. The number of fused-ring (bicyclic) bond motifs is 1. The first kappa shape index (κ1) is 22.5. The molecule has 0 radical (unpaired) electrons. The zero-order valence-electron chi connectivity index (χ0n) is 17.2. The predicted octanol–water partition coefficient (Wildman–Crippen LogP) is 3.37. The van der Waals surface area contributed by atoms with Crippen molar-refractivity contribution in [3.05, 3.63) is 64.7 Å². The lowest BCUT2D eigenvalue weighted by Crippen LogP contribution is -2.53. The van der Waals surface area contributed by atoms with E-state index in [0.717, 1.165) is 18.9 Å². The van der Waals surface area contributed by atoms with Crippen LogP contribution in [0.2, 0.25) is 5.02 Å². The first-order chi connectivity index (χ1) is 15.3. The quantitative estimate of drug-likeness (QED) is 0.596. The first-order valence-electron chi connectivity index (χ1n) is 10.3. The number of amides is 2. The van der Waals surface area contributed by atoms with E-state index in [0.29, 0.717) is 17.9 Å². The molecule has 3 fully saturated rings. The molecule has 2 N–H and O–H groups in total. The minimum Gasteiger partial charge on any atom is -0.484 e. The van der Waals surface area contributed by atoms with Gasteiger partial charge in [0.15, 0.2) is 6.61 Å². The number of ether oxygens (including phenoxy) is 2. The molecule has 2 amide bonds. The molecule has 2 aromatic rings. The SMILES string of the molecule is O=C(COCc1cccc(F)c1)NC1CC2(NC(=O)COc3ccc(Cl)c(F)c3)CC1C2. The summed E-state index contributed by atoms with van der Waals surface area (Å²) >= 11 is 5.63. The van der Waals surface area contributed by atoms with Crippen molar-refractivity contribution >= 4 is 23.4 Å². The molecule has 0 saturated heterocycles. The maximum absolute atomic E-state index is 13.5. The summed E-state index contributed by atoms with van der Waals surface area (Å²) in [6, 6.07) is 9.99. The Bertz CT molecular complexity index is 1010. The fraction of sp³-hybridized carbons (Fsp3) is 0.391. The topological polar surface area (TPSA) is 76.7 Å². The van der Waals surface area contributed by atoms with Crippen LogP contribution in [-0.4, -0.2) is 36.6 Å². The van der Waals surface area contributed by atoms with Crippen LogP contribution in [0.15, 0.2) is 42.5 Å². The summed E-state index contributed by atoms with van der Waals surface area (Å²) in [5, 5.41) is 5.94. The van der Waals surface area contributed by atoms with Gasteiger partial charge in [0.05, 0.1) is 11.6 Å². The summed E-state index contributed by atoms with van der Waals surface area (Å²) < 4.78 is 37.3. The molecule has 0 spiro atoms. The first-order valence-corrected chi connectivity index (χ1v) is 10.7. The molecule has 0 heterocycles. The van der Waals surface area contributed by atoms with Gasteiger partial charge in [-0.2, -0.15) is 0 Å². The van der Waals surface area contributed by atoms with Crippen molar-refractivity contribution in [2.24, 2.45) is 5.92 Å². The second-order valence-corrected chi connectivity index (χ2v) is 8.77. The third kappa shape index (κ3) is 5.37. The molecule has 2 aromatic carbocycles. The fourth-order valence-electron chi connectivity index (χ4n) is 4.49. The van der Waals surface area contributed by atoms with Crippen molar-refractivity contribution in [1.29, 1.82) is 0 Å². The Hall–Kier alpha value is -2.71. The maximum Gasteiger partial charge on any atom is 0.258 e. The number of nitrogens with one attached hydrogen (secondary N) is 2. The zero-order chi connectivity index (χ0) is 22.7. The smallest absolute Gasteiger partial charge is 0.258 e.